The molecule has 110 valence electrons. The molecule has 6 rings (SSSR count). The van der Waals surface area contributed by atoms with Gasteiger partial charge in [-0.15, -0.1) is 0 Å². The van der Waals surface area contributed by atoms with Gasteiger partial charge in [0, 0.05) is 0 Å². The SMILES string of the molecule is C1=C2C3CCC3C(C1)CCCCC1CCC2C2CCC12. The fourth-order valence-corrected chi connectivity index (χ4v) is 6.92. The van der Waals surface area contributed by atoms with Gasteiger partial charge in [-0.2, -0.15) is 0 Å². The smallest absolute Gasteiger partial charge is 0.0169 e. The van der Waals surface area contributed by atoms with Crippen LogP contribution in [0.3, 0.4) is 0 Å². The van der Waals surface area contributed by atoms with E-state index < -0.39 is 0 Å². The largest absolute Gasteiger partial charge is 0.0845 e. The summed E-state index contributed by atoms with van der Waals surface area (Å²) in [5.41, 5.74) is 1.99. The number of rotatable bonds is 0. The van der Waals surface area contributed by atoms with E-state index in [2.05, 4.69) is 6.08 Å². The minimum absolute atomic E-state index is 1.04. The Bertz CT molecular complexity index is 420. The first-order valence-corrected chi connectivity index (χ1v) is 9.62. The van der Waals surface area contributed by atoms with E-state index >= 15 is 0 Å². The van der Waals surface area contributed by atoms with Crippen molar-refractivity contribution in [3.63, 3.8) is 0 Å². The van der Waals surface area contributed by atoms with Crippen molar-refractivity contribution in [3.8, 4) is 0 Å². The van der Waals surface area contributed by atoms with Gasteiger partial charge in [0.1, 0.15) is 0 Å². The minimum atomic E-state index is 1.04. The molecule has 0 aromatic rings. The summed E-state index contributed by atoms with van der Waals surface area (Å²) in [7, 11) is 0. The Hall–Kier alpha value is -0.260. The summed E-state index contributed by atoms with van der Waals surface area (Å²) in [6, 6.07) is 0. The van der Waals surface area contributed by atoms with Gasteiger partial charge < -0.3 is 0 Å². The topological polar surface area (TPSA) is 0 Å². The highest BCUT2D eigenvalue weighted by Crippen LogP contribution is 2.60. The van der Waals surface area contributed by atoms with Crippen LogP contribution in [0.5, 0.6) is 0 Å². The molecule has 0 aliphatic heterocycles. The second-order valence-corrected chi connectivity index (χ2v) is 8.68. The van der Waals surface area contributed by atoms with E-state index in [0.717, 1.165) is 41.4 Å². The first kappa shape index (κ1) is 12.3. The van der Waals surface area contributed by atoms with Crippen LogP contribution in [0.1, 0.15) is 70.6 Å². The van der Waals surface area contributed by atoms with Crippen molar-refractivity contribution < 1.29 is 0 Å². The van der Waals surface area contributed by atoms with Crippen LogP contribution in [0.25, 0.3) is 0 Å². The van der Waals surface area contributed by atoms with Gasteiger partial charge in [-0.1, -0.05) is 30.9 Å². The van der Waals surface area contributed by atoms with Gasteiger partial charge in [0.2, 0.25) is 0 Å². The number of fused-ring (bicyclic) bond motifs is 4. The maximum Gasteiger partial charge on any atom is -0.0169 e. The monoisotopic (exact) mass is 270 g/mol. The standard InChI is InChI=1S/C20H30/c1-2-4-14-6-8-20(18-12-10-16(14)18)19-7-5-13(3-1)15-9-11-17(15)19/h7,13-18,20H,1-6,8-12H2. The molecule has 7 unspecified atom stereocenters. The zero-order chi connectivity index (χ0) is 13.1. The van der Waals surface area contributed by atoms with Crippen molar-refractivity contribution >= 4 is 0 Å². The lowest BCUT2D eigenvalue weighted by Crippen LogP contribution is -2.47. The number of hydrogen-bond donors (Lipinski definition) is 0. The molecule has 0 saturated heterocycles. The van der Waals surface area contributed by atoms with Crippen molar-refractivity contribution in [2.75, 3.05) is 0 Å². The molecule has 6 aliphatic rings. The lowest BCUT2D eigenvalue weighted by atomic mass is 9.49. The van der Waals surface area contributed by atoms with Crippen molar-refractivity contribution in [2.45, 2.75) is 70.6 Å². The van der Waals surface area contributed by atoms with Crippen LogP contribution in [0, 0.1) is 41.4 Å². The molecule has 4 bridgehead atoms. The van der Waals surface area contributed by atoms with Crippen LogP contribution < -0.4 is 0 Å². The molecule has 20 heavy (non-hydrogen) atoms. The summed E-state index contributed by atoms with van der Waals surface area (Å²) >= 11 is 0. The van der Waals surface area contributed by atoms with Crippen molar-refractivity contribution in [3.05, 3.63) is 11.6 Å². The first-order chi connectivity index (χ1) is 9.92. The second-order valence-electron chi connectivity index (χ2n) is 8.68. The van der Waals surface area contributed by atoms with Crippen LogP contribution in [0.2, 0.25) is 0 Å². The zero-order valence-corrected chi connectivity index (χ0v) is 12.9. The third-order valence-corrected chi connectivity index (χ3v) is 8.20. The predicted octanol–water partition coefficient (Wildman–Crippen LogP) is 5.59. The van der Waals surface area contributed by atoms with Gasteiger partial charge >= 0.3 is 0 Å². The molecule has 5 saturated carbocycles. The Morgan fingerprint density at radius 1 is 0.600 bits per heavy atom. The van der Waals surface area contributed by atoms with Gasteiger partial charge in [-0.3, -0.25) is 0 Å². The summed E-state index contributed by atoms with van der Waals surface area (Å²) in [5, 5.41) is 0. The molecular formula is C20H30. The molecule has 0 N–H and O–H groups in total. The molecule has 0 nitrogen and oxygen atoms in total. The summed E-state index contributed by atoms with van der Waals surface area (Å²) in [5.74, 6) is 7.68. The summed E-state index contributed by atoms with van der Waals surface area (Å²) in [6.07, 6.45) is 19.8. The first-order valence-electron chi connectivity index (χ1n) is 9.62. The van der Waals surface area contributed by atoms with E-state index in [1.54, 1.807) is 57.8 Å². The van der Waals surface area contributed by atoms with Gasteiger partial charge in [-0.25, -0.2) is 0 Å². The molecule has 5 fully saturated rings. The van der Waals surface area contributed by atoms with E-state index in [4.69, 9.17) is 0 Å². The third-order valence-electron chi connectivity index (χ3n) is 8.20. The van der Waals surface area contributed by atoms with Crippen LogP contribution in [0.4, 0.5) is 0 Å². The fraction of sp³-hybridized carbons (Fsp3) is 0.900. The molecular weight excluding hydrogens is 240 g/mol. The van der Waals surface area contributed by atoms with Gasteiger partial charge in [-0.05, 0) is 92.8 Å². The molecule has 0 heterocycles. The molecule has 0 amide bonds. The van der Waals surface area contributed by atoms with E-state index in [9.17, 15) is 0 Å². The second kappa shape index (κ2) is 4.62. The Morgan fingerprint density at radius 2 is 1.30 bits per heavy atom. The Kier molecular flexibility index (Phi) is 2.84. The zero-order valence-electron chi connectivity index (χ0n) is 12.9. The molecule has 0 radical (unpaired) electrons. The Morgan fingerprint density at radius 3 is 2.05 bits per heavy atom. The Labute approximate surface area is 124 Å². The van der Waals surface area contributed by atoms with Crippen LogP contribution >= 0.6 is 0 Å². The number of hydrogen-bond acceptors (Lipinski definition) is 0. The fourth-order valence-electron chi connectivity index (χ4n) is 6.92. The highest BCUT2D eigenvalue weighted by Gasteiger charge is 2.50. The van der Waals surface area contributed by atoms with Gasteiger partial charge in [0.05, 0.1) is 0 Å². The van der Waals surface area contributed by atoms with E-state index in [-0.39, 0.29) is 0 Å². The van der Waals surface area contributed by atoms with E-state index in [1.807, 2.05) is 5.57 Å². The summed E-state index contributed by atoms with van der Waals surface area (Å²) in [6.45, 7) is 0. The van der Waals surface area contributed by atoms with Crippen molar-refractivity contribution in [1.29, 1.82) is 0 Å². The molecule has 7 atom stereocenters. The normalized spacial score (nSPS) is 53.6. The highest BCUT2D eigenvalue weighted by molar-refractivity contribution is 5.23. The lowest BCUT2D eigenvalue weighted by Gasteiger charge is -2.56. The van der Waals surface area contributed by atoms with E-state index in [1.165, 1.54) is 12.8 Å². The lowest BCUT2D eigenvalue weighted by molar-refractivity contribution is -0.00877. The average molecular weight is 270 g/mol. The molecule has 6 aliphatic carbocycles. The van der Waals surface area contributed by atoms with E-state index in [0.29, 0.717) is 0 Å². The van der Waals surface area contributed by atoms with Gasteiger partial charge in [0.15, 0.2) is 0 Å². The summed E-state index contributed by atoms with van der Waals surface area (Å²) in [4.78, 5) is 0. The van der Waals surface area contributed by atoms with Crippen LogP contribution in [0.15, 0.2) is 11.6 Å². The van der Waals surface area contributed by atoms with Crippen LogP contribution in [-0.4, -0.2) is 0 Å². The maximum absolute atomic E-state index is 2.77. The number of allylic oxidation sites excluding steroid dienone is 2. The summed E-state index contributed by atoms with van der Waals surface area (Å²) < 4.78 is 0. The Balaban J connectivity index is 1.50. The maximum atomic E-state index is 2.77. The van der Waals surface area contributed by atoms with Crippen LogP contribution in [-0.2, 0) is 0 Å². The third kappa shape index (κ3) is 1.66. The minimum Gasteiger partial charge on any atom is -0.0845 e. The average Bonchev–Trinajstić information content (AvgIpc) is 2.36. The molecule has 0 aromatic carbocycles. The quantitative estimate of drug-likeness (QED) is 0.504. The van der Waals surface area contributed by atoms with Crippen molar-refractivity contribution in [2.24, 2.45) is 41.4 Å². The highest BCUT2D eigenvalue weighted by atomic mass is 14.5. The molecule has 0 spiro atoms. The predicted molar refractivity (Wildman–Crippen MR) is 83.3 cm³/mol. The van der Waals surface area contributed by atoms with Crippen molar-refractivity contribution in [1.82, 2.24) is 0 Å². The molecule has 0 heteroatoms. The molecule has 0 aromatic heterocycles. The van der Waals surface area contributed by atoms with Gasteiger partial charge in [0.25, 0.3) is 0 Å².